The number of carbonyl (C=O) groups is 2. The van der Waals surface area contributed by atoms with Crippen LogP contribution in [-0.4, -0.2) is 50.4 Å². The fraction of sp³-hybridized carbons (Fsp3) is 0.263. The number of carbonyl (C=O) groups excluding carboxylic acids is 2. The van der Waals surface area contributed by atoms with E-state index >= 15 is 0 Å². The fourth-order valence-corrected chi connectivity index (χ4v) is 2.97. The van der Waals surface area contributed by atoms with Crippen molar-refractivity contribution in [3.63, 3.8) is 0 Å². The lowest BCUT2D eigenvalue weighted by molar-refractivity contribution is 0.0816. The molecule has 2 amide bonds. The van der Waals surface area contributed by atoms with Crippen molar-refractivity contribution >= 4 is 40.7 Å². The third kappa shape index (κ3) is 4.58. The number of aromatic nitrogens is 4. The van der Waals surface area contributed by atoms with Crippen LogP contribution < -0.4 is 10.1 Å². The predicted octanol–water partition coefficient (Wildman–Crippen LogP) is 3.40. The van der Waals surface area contributed by atoms with E-state index in [4.69, 9.17) is 27.9 Å². The van der Waals surface area contributed by atoms with Crippen LogP contribution in [0, 0.1) is 0 Å². The molecule has 0 unspecified atom stereocenters. The molecule has 0 aliphatic rings. The monoisotopic (exact) mass is 450 g/mol. The molecule has 3 rings (SSSR count). The van der Waals surface area contributed by atoms with Gasteiger partial charge in [0.1, 0.15) is 16.5 Å². The topological polar surface area (TPSA) is 94.3 Å². The van der Waals surface area contributed by atoms with Crippen molar-refractivity contribution in [2.45, 2.75) is 20.2 Å². The van der Waals surface area contributed by atoms with Crippen molar-refractivity contribution in [2.75, 3.05) is 19.4 Å². The molecule has 158 valence electrons. The summed E-state index contributed by atoms with van der Waals surface area (Å²) in [6.07, 6.45) is 3.04. The van der Waals surface area contributed by atoms with Gasteiger partial charge in [0, 0.05) is 26.8 Å². The van der Waals surface area contributed by atoms with E-state index < -0.39 is 5.91 Å². The molecule has 1 aromatic carbocycles. The van der Waals surface area contributed by atoms with Gasteiger partial charge in [-0.15, -0.1) is 0 Å². The Morgan fingerprint density at radius 1 is 1.23 bits per heavy atom. The van der Waals surface area contributed by atoms with Gasteiger partial charge in [0.15, 0.2) is 12.4 Å². The molecule has 0 bridgehead atoms. The molecule has 0 radical (unpaired) electrons. The maximum absolute atomic E-state index is 12.6. The molecule has 2 heterocycles. The number of amides is 2. The van der Waals surface area contributed by atoms with Crippen LogP contribution in [0.15, 0.2) is 36.7 Å². The zero-order valence-corrected chi connectivity index (χ0v) is 18.1. The van der Waals surface area contributed by atoms with Gasteiger partial charge in [-0.2, -0.15) is 10.2 Å². The predicted molar refractivity (Wildman–Crippen MR) is 113 cm³/mol. The van der Waals surface area contributed by atoms with Crippen molar-refractivity contribution in [3.05, 3.63) is 58.1 Å². The maximum atomic E-state index is 12.6. The van der Waals surface area contributed by atoms with E-state index in [-0.39, 0.29) is 18.3 Å². The minimum Gasteiger partial charge on any atom is -0.470 e. The summed E-state index contributed by atoms with van der Waals surface area (Å²) in [4.78, 5) is 26.5. The van der Waals surface area contributed by atoms with Crippen molar-refractivity contribution < 1.29 is 14.3 Å². The first-order valence-corrected chi connectivity index (χ1v) is 9.76. The number of anilines is 1. The highest BCUT2D eigenvalue weighted by molar-refractivity contribution is 6.42. The number of halogens is 2. The average Bonchev–Trinajstić information content (AvgIpc) is 3.35. The molecule has 0 saturated carbocycles. The maximum Gasteiger partial charge on any atom is 0.276 e. The van der Waals surface area contributed by atoms with Gasteiger partial charge in [-0.1, -0.05) is 29.3 Å². The molecule has 0 atom stereocenters. The third-order valence-corrected chi connectivity index (χ3v) is 4.94. The molecular weight excluding hydrogens is 431 g/mol. The summed E-state index contributed by atoms with van der Waals surface area (Å²) in [7, 11) is 3.27. The second kappa shape index (κ2) is 9.19. The summed E-state index contributed by atoms with van der Waals surface area (Å²) in [5, 5.41) is 11.7. The smallest absolute Gasteiger partial charge is 0.276 e. The van der Waals surface area contributed by atoms with Crippen LogP contribution in [0.25, 0.3) is 0 Å². The molecule has 9 nitrogen and oxygen atoms in total. The molecule has 0 fully saturated rings. The highest BCUT2D eigenvalue weighted by Gasteiger charge is 2.22. The Morgan fingerprint density at radius 2 is 2.00 bits per heavy atom. The number of aryl methyl sites for hydroxylation is 1. The van der Waals surface area contributed by atoms with Crippen LogP contribution in [-0.2, 0) is 13.3 Å². The third-order valence-electron chi connectivity index (χ3n) is 4.14. The van der Waals surface area contributed by atoms with Crippen molar-refractivity contribution in [3.8, 4) is 5.75 Å². The molecule has 0 spiro atoms. The van der Waals surface area contributed by atoms with E-state index in [0.717, 1.165) is 0 Å². The number of hydrogen-bond donors (Lipinski definition) is 1. The summed E-state index contributed by atoms with van der Waals surface area (Å²) < 4.78 is 8.56. The highest BCUT2D eigenvalue weighted by Crippen LogP contribution is 2.31. The van der Waals surface area contributed by atoms with E-state index in [1.54, 1.807) is 38.5 Å². The Kier molecular flexibility index (Phi) is 6.63. The van der Waals surface area contributed by atoms with E-state index in [0.29, 0.717) is 33.7 Å². The Morgan fingerprint density at radius 3 is 2.70 bits per heavy atom. The second-order valence-electron chi connectivity index (χ2n) is 6.44. The number of rotatable bonds is 7. The molecule has 0 saturated heterocycles. The zero-order valence-electron chi connectivity index (χ0n) is 16.6. The minimum atomic E-state index is -0.474. The van der Waals surface area contributed by atoms with Crippen LogP contribution in [0.2, 0.25) is 10.0 Å². The fourth-order valence-electron chi connectivity index (χ4n) is 2.63. The molecule has 1 N–H and O–H groups in total. The van der Waals surface area contributed by atoms with E-state index in [1.165, 1.54) is 26.5 Å². The van der Waals surface area contributed by atoms with E-state index in [9.17, 15) is 9.59 Å². The summed E-state index contributed by atoms with van der Waals surface area (Å²) in [5.41, 5.74) is 0.773. The van der Waals surface area contributed by atoms with Gasteiger partial charge >= 0.3 is 0 Å². The summed E-state index contributed by atoms with van der Waals surface area (Å²) in [5.74, 6) is -0.329. The average molecular weight is 451 g/mol. The van der Waals surface area contributed by atoms with Crippen LogP contribution in [0.3, 0.4) is 0 Å². The number of benzene rings is 1. The van der Waals surface area contributed by atoms with Gasteiger partial charge in [0.05, 0.1) is 16.9 Å². The SMILES string of the molecule is CCn1ncc(NC(=O)c2ccn(COc3cccc(Cl)c3Cl)n2)c1C(=O)N(C)C. The standard InChI is InChI=1S/C19H20Cl2N6O3/c1-4-27-17(19(29)25(2)3)14(10-22-27)23-18(28)13-8-9-26(24-13)11-30-15-7-5-6-12(20)16(15)21/h5-10H,4,11H2,1-3H3,(H,23,28). The van der Waals surface area contributed by atoms with Crippen LogP contribution in [0.5, 0.6) is 5.75 Å². The summed E-state index contributed by atoms with van der Waals surface area (Å²) in [6, 6.07) is 6.59. The van der Waals surface area contributed by atoms with Crippen molar-refractivity contribution in [1.29, 1.82) is 0 Å². The van der Waals surface area contributed by atoms with Gasteiger partial charge in [-0.25, -0.2) is 4.68 Å². The molecular formula is C19H20Cl2N6O3. The van der Waals surface area contributed by atoms with Gasteiger partial charge in [0.25, 0.3) is 11.8 Å². The first kappa shape index (κ1) is 21.7. The molecule has 0 aliphatic heterocycles. The molecule has 11 heteroatoms. The van der Waals surface area contributed by atoms with Crippen LogP contribution in [0.4, 0.5) is 5.69 Å². The number of nitrogens with one attached hydrogen (secondary N) is 1. The van der Waals surface area contributed by atoms with Gasteiger partial charge < -0.3 is 15.0 Å². The molecule has 3 aromatic rings. The van der Waals surface area contributed by atoms with Gasteiger partial charge in [-0.05, 0) is 25.1 Å². The van der Waals surface area contributed by atoms with Crippen LogP contribution >= 0.6 is 23.2 Å². The summed E-state index contributed by atoms with van der Waals surface area (Å²) in [6.45, 7) is 2.38. The second-order valence-corrected chi connectivity index (χ2v) is 7.23. The number of ether oxygens (including phenoxy) is 1. The molecule has 2 aromatic heterocycles. The summed E-state index contributed by atoms with van der Waals surface area (Å²) >= 11 is 12.1. The quantitative estimate of drug-likeness (QED) is 0.594. The highest BCUT2D eigenvalue weighted by atomic mass is 35.5. The Bertz CT molecular complexity index is 1080. The first-order valence-electron chi connectivity index (χ1n) is 9.00. The van der Waals surface area contributed by atoms with Gasteiger partial charge in [0.2, 0.25) is 0 Å². The van der Waals surface area contributed by atoms with E-state index in [2.05, 4.69) is 15.5 Å². The largest absolute Gasteiger partial charge is 0.470 e. The lowest BCUT2D eigenvalue weighted by Gasteiger charge is -2.13. The zero-order chi connectivity index (χ0) is 21.8. The lowest BCUT2D eigenvalue weighted by Crippen LogP contribution is -2.26. The lowest BCUT2D eigenvalue weighted by atomic mass is 10.3. The molecule has 0 aliphatic carbocycles. The Labute approximate surface area is 183 Å². The van der Waals surface area contributed by atoms with Crippen molar-refractivity contribution in [2.24, 2.45) is 0 Å². The van der Waals surface area contributed by atoms with Crippen molar-refractivity contribution in [1.82, 2.24) is 24.5 Å². The number of hydrogen-bond acceptors (Lipinski definition) is 5. The molecule has 30 heavy (non-hydrogen) atoms. The van der Waals surface area contributed by atoms with E-state index in [1.807, 2.05) is 6.92 Å². The minimum absolute atomic E-state index is 0.0332. The van der Waals surface area contributed by atoms with Gasteiger partial charge in [-0.3, -0.25) is 14.3 Å². The van der Waals surface area contributed by atoms with Crippen LogP contribution in [0.1, 0.15) is 27.9 Å². The normalized spacial score (nSPS) is 10.7. The Hall–Kier alpha value is -3.04. The Balaban J connectivity index is 1.71. The number of nitrogens with zero attached hydrogens (tertiary/aromatic N) is 5. The first-order chi connectivity index (χ1) is 14.3.